The third kappa shape index (κ3) is 1.85. The summed E-state index contributed by atoms with van der Waals surface area (Å²) in [7, 11) is 0. The Morgan fingerprint density at radius 1 is 1.47 bits per heavy atom. The fourth-order valence-corrected chi connectivity index (χ4v) is 3.24. The number of ketones is 1. The molecule has 1 heterocycles. The van der Waals surface area contributed by atoms with Gasteiger partial charge in [0.1, 0.15) is 11.4 Å². The number of hydrogen-bond acceptors (Lipinski definition) is 2. The minimum absolute atomic E-state index is 0.169. The molecule has 0 amide bonds. The number of fused-ring (bicyclic) bond motifs is 1. The van der Waals surface area contributed by atoms with Crippen molar-refractivity contribution in [3.63, 3.8) is 0 Å². The van der Waals surface area contributed by atoms with Crippen molar-refractivity contribution in [1.82, 2.24) is 0 Å². The van der Waals surface area contributed by atoms with Crippen LogP contribution in [0.1, 0.15) is 43.0 Å². The van der Waals surface area contributed by atoms with E-state index in [9.17, 15) is 4.79 Å². The average molecular weight is 251 g/mol. The van der Waals surface area contributed by atoms with Crippen LogP contribution in [0.5, 0.6) is 5.75 Å². The predicted octanol–water partition coefficient (Wildman–Crippen LogP) is 3.86. The van der Waals surface area contributed by atoms with Crippen LogP contribution in [0.15, 0.2) is 18.2 Å². The second-order valence-electron chi connectivity index (χ2n) is 5.37. The molecule has 3 heteroatoms. The fourth-order valence-electron chi connectivity index (χ4n) is 3.07. The number of ether oxygens (including phenoxy) is 1. The first kappa shape index (κ1) is 11.1. The average Bonchev–Trinajstić information content (AvgIpc) is 2.61. The zero-order chi connectivity index (χ0) is 12.0. The van der Waals surface area contributed by atoms with Gasteiger partial charge in [0.15, 0.2) is 5.78 Å². The third-order valence-electron chi connectivity index (χ3n) is 3.86. The number of halogens is 1. The van der Waals surface area contributed by atoms with Crippen molar-refractivity contribution in [3.05, 3.63) is 28.8 Å². The van der Waals surface area contributed by atoms with Crippen LogP contribution in [0.25, 0.3) is 0 Å². The molecular weight excluding hydrogens is 236 g/mol. The molecule has 1 aliphatic heterocycles. The van der Waals surface area contributed by atoms with E-state index in [0.717, 1.165) is 19.3 Å². The van der Waals surface area contributed by atoms with Crippen LogP contribution in [0.3, 0.4) is 0 Å². The van der Waals surface area contributed by atoms with Crippen molar-refractivity contribution in [1.29, 1.82) is 0 Å². The summed E-state index contributed by atoms with van der Waals surface area (Å²) in [5, 5.41) is 0.594. The van der Waals surface area contributed by atoms with Gasteiger partial charge in [0.2, 0.25) is 0 Å². The summed E-state index contributed by atoms with van der Waals surface area (Å²) in [6.45, 7) is 2.22. The third-order valence-corrected chi connectivity index (χ3v) is 4.10. The molecule has 1 aromatic carbocycles. The van der Waals surface area contributed by atoms with Crippen LogP contribution in [-0.2, 0) is 0 Å². The molecule has 2 atom stereocenters. The molecule has 1 aliphatic carbocycles. The van der Waals surface area contributed by atoms with Crippen molar-refractivity contribution >= 4 is 17.4 Å². The molecule has 2 unspecified atom stereocenters. The second kappa shape index (κ2) is 3.74. The highest BCUT2D eigenvalue weighted by atomic mass is 35.5. The molecular formula is C14H15ClO2. The van der Waals surface area contributed by atoms with Crippen molar-refractivity contribution in [3.8, 4) is 5.75 Å². The number of hydrogen-bond donors (Lipinski definition) is 0. The summed E-state index contributed by atoms with van der Waals surface area (Å²) in [6, 6.07) is 5.31. The molecule has 1 saturated carbocycles. The number of benzene rings is 1. The Hall–Kier alpha value is -1.02. The fraction of sp³-hybridized carbons (Fsp3) is 0.500. The summed E-state index contributed by atoms with van der Waals surface area (Å²) in [4.78, 5) is 12.2. The normalized spacial score (nSPS) is 31.4. The SMILES string of the molecule is CC1CCC2(CC(=O)c3cc(Cl)ccc3O2)C1. The summed E-state index contributed by atoms with van der Waals surface area (Å²) in [6.07, 6.45) is 3.63. The van der Waals surface area contributed by atoms with E-state index < -0.39 is 0 Å². The highest BCUT2D eigenvalue weighted by molar-refractivity contribution is 6.31. The van der Waals surface area contributed by atoms with Crippen LogP contribution in [0.4, 0.5) is 0 Å². The Morgan fingerprint density at radius 2 is 2.29 bits per heavy atom. The number of carbonyl (C=O) groups is 1. The van der Waals surface area contributed by atoms with Crippen molar-refractivity contribution in [2.45, 2.75) is 38.2 Å². The summed E-state index contributed by atoms with van der Waals surface area (Å²) in [5.41, 5.74) is 0.403. The Labute approximate surface area is 106 Å². The van der Waals surface area contributed by atoms with Crippen LogP contribution in [0, 0.1) is 5.92 Å². The first-order valence-electron chi connectivity index (χ1n) is 6.10. The van der Waals surface area contributed by atoms with Crippen LogP contribution in [-0.4, -0.2) is 11.4 Å². The molecule has 3 rings (SSSR count). The maximum absolute atomic E-state index is 12.2. The molecule has 1 spiro atoms. The zero-order valence-electron chi connectivity index (χ0n) is 9.83. The van der Waals surface area contributed by atoms with Gasteiger partial charge in [-0.15, -0.1) is 0 Å². The van der Waals surface area contributed by atoms with E-state index >= 15 is 0 Å². The van der Waals surface area contributed by atoms with E-state index in [4.69, 9.17) is 16.3 Å². The molecule has 1 aromatic rings. The Morgan fingerprint density at radius 3 is 3.00 bits per heavy atom. The van der Waals surface area contributed by atoms with Crippen LogP contribution >= 0.6 is 11.6 Å². The Balaban J connectivity index is 1.98. The lowest BCUT2D eigenvalue weighted by Crippen LogP contribution is -2.39. The first-order chi connectivity index (χ1) is 8.08. The van der Waals surface area contributed by atoms with Gasteiger partial charge in [-0.05, 0) is 43.4 Å². The van der Waals surface area contributed by atoms with Gasteiger partial charge in [-0.25, -0.2) is 0 Å². The quantitative estimate of drug-likeness (QED) is 0.699. The van der Waals surface area contributed by atoms with Crippen molar-refractivity contribution in [2.75, 3.05) is 0 Å². The summed E-state index contributed by atoms with van der Waals surface area (Å²) < 4.78 is 6.10. The van der Waals surface area contributed by atoms with Gasteiger partial charge in [-0.3, -0.25) is 4.79 Å². The Kier molecular flexibility index (Phi) is 2.44. The van der Waals surface area contributed by atoms with E-state index in [1.54, 1.807) is 12.1 Å². The van der Waals surface area contributed by atoms with Crippen LogP contribution in [0.2, 0.25) is 5.02 Å². The molecule has 0 N–H and O–H groups in total. The molecule has 0 bridgehead atoms. The van der Waals surface area contributed by atoms with Gasteiger partial charge in [-0.1, -0.05) is 18.5 Å². The summed E-state index contributed by atoms with van der Waals surface area (Å²) >= 11 is 5.91. The van der Waals surface area contributed by atoms with Gasteiger partial charge in [-0.2, -0.15) is 0 Å². The first-order valence-corrected chi connectivity index (χ1v) is 6.48. The molecule has 0 saturated heterocycles. The minimum Gasteiger partial charge on any atom is -0.486 e. The zero-order valence-corrected chi connectivity index (χ0v) is 10.6. The minimum atomic E-state index is -0.239. The predicted molar refractivity (Wildman–Crippen MR) is 66.8 cm³/mol. The number of Topliss-reactive ketones (excluding diaryl/α,β-unsaturated/α-hetero) is 1. The topological polar surface area (TPSA) is 26.3 Å². The van der Waals surface area contributed by atoms with E-state index in [1.165, 1.54) is 0 Å². The van der Waals surface area contributed by atoms with E-state index in [1.807, 2.05) is 6.07 Å². The molecule has 17 heavy (non-hydrogen) atoms. The second-order valence-corrected chi connectivity index (χ2v) is 5.81. The van der Waals surface area contributed by atoms with E-state index in [-0.39, 0.29) is 11.4 Å². The van der Waals surface area contributed by atoms with E-state index in [2.05, 4.69) is 6.92 Å². The summed E-state index contributed by atoms with van der Waals surface area (Å²) in [5.74, 6) is 1.53. The molecule has 2 nitrogen and oxygen atoms in total. The maximum atomic E-state index is 12.2. The lowest BCUT2D eigenvalue weighted by atomic mass is 9.88. The number of carbonyl (C=O) groups excluding carboxylic acids is 1. The van der Waals surface area contributed by atoms with Crippen LogP contribution < -0.4 is 4.74 Å². The largest absolute Gasteiger partial charge is 0.486 e. The molecule has 0 radical (unpaired) electrons. The van der Waals surface area contributed by atoms with Crippen molar-refractivity contribution in [2.24, 2.45) is 5.92 Å². The highest BCUT2D eigenvalue weighted by Crippen LogP contribution is 2.45. The van der Waals surface area contributed by atoms with Crippen molar-refractivity contribution < 1.29 is 9.53 Å². The smallest absolute Gasteiger partial charge is 0.170 e. The van der Waals surface area contributed by atoms with Gasteiger partial charge < -0.3 is 4.74 Å². The standard InChI is InChI=1S/C14H15ClO2/c1-9-4-5-14(7-9)8-12(16)11-6-10(15)2-3-13(11)17-14/h2-3,6,9H,4-5,7-8H2,1H3. The van der Waals surface area contributed by atoms with E-state index in [0.29, 0.717) is 28.7 Å². The van der Waals surface area contributed by atoms with Gasteiger partial charge >= 0.3 is 0 Å². The van der Waals surface area contributed by atoms with Gasteiger partial charge in [0.25, 0.3) is 0 Å². The monoisotopic (exact) mass is 250 g/mol. The molecule has 1 fully saturated rings. The molecule has 0 aromatic heterocycles. The number of rotatable bonds is 0. The van der Waals surface area contributed by atoms with Gasteiger partial charge in [0, 0.05) is 5.02 Å². The maximum Gasteiger partial charge on any atom is 0.170 e. The molecule has 90 valence electrons. The lowest BCUT2D eigenvalue weighted by molar-refractivity contribution is 0.0429. The lowest BCUT2D eigenvalue weighted by Gasteiger charge is -2.35. The molecule has 2 aliphatic rings. The highest BCUT2D eigenvalue weighted by Gasteiger charge is 2.45. The van der Waals surface area contributed by atoms with Gasteiger partial charge in [0.05, 0.1) is 12.0 Å². The Bertz CT molecular complexity index is 483.